The molecule has 24 heavy (non-hydrogen) atoms. The van der Waals surface area contributed by atoms with Crippen molar-refractivity contribution in [3.05, 3.63) is 59.4 Å². The molecule has 1 aromatic carbocycles. The summed E-state index contributed by atoms with van der Waals surface area (Å²) in [5, 5.41) is 9.18. The number of nitrogens with two attached hydrogens (primary N) is 1. The smallest absolute Gasteiger partial charge is 0.179 e. The van der Waals surface area contributed by atoms with Crippen LogP contribution in [-0.2, 0) is 12.8 Å². The quantitative estimate of drug-likeness (QED) is 0.463. The minimum Gasteiger partial charge on any atom is -0.394 e. The maximum Gasteiger partial charge on any atom is 0.179 e. The number of aliphatic hydroxyl groups excluding tert-OH is 1. The molecule has 4 heteroatoms. The van der Waals surface area contributed by atoms with Crippen molar-refractivity contribution in [1.29, 1.82) is 0 Å². The lowest BCUT2D eigenvalue weighted by Gasteiger charge is -2.20. The Morgan fingerprint density at radius 3 is 2.58 bits per heavy atom. The highest BCUT2D eigenvalue weighted by molar-refractivity contribution is 5.94. The molecule has 0 unspecified atom stereocenters. The van der Waals surface area contributed by atoms with Crippen LogP contribution in [-0.4, -0.2) is 28.0 Å². The second kappa shape index (κ2) is 8.81. The topological polar surface area (TPSA) is 79.1 Å². The van der Waals surface area contributed by atoms with Crippen LogP contribution in [0.15, 0.2) is 42.5 Å². The van der Waals surface area contributed by atoms with Crippen molar-refractivity contribution in [3.8, 4) is 0 Å². The fourth-order valence-corrected chi connectivity index (χ4v) is 2.64. The van der Waals surface area contributed by atoms with Gasteiger partial charge in [-0.3, -0.25) is 4.79 Å². The van der Waals surface area contributed by atoms with Crippen LogP contribution in [0.3, 0.4) is 0 Å². The molecule has 0 aliphatic heterocycles. The van der Waals surface area contributed by atoms with Crippen LogP contribution in [0, 0.1) is 0 Å². The predicted octanol–water partition coefficient (Wildman–Crippen LogP) is 3.25. The highest BCUT2D eigenvalue weighted by atomic mass is 16.3. The number of aromatic amines is 1. The first-order valence-electron chi connectivity index (χ1n) is 8.65. The van der Waals surface area contributed by atoms with Crippen LogP contribution in [0.1, 0.15) is 54.4 Å². The second-order valence-electron chi connectivity index (χ2n) is 6.83. The lowest BCUT2D eigenvalue weighted by Crippen LogP contribution is -2.40. The van der Waals surface area contributed by atoms with Gasteiger partial charge in [0, 0.05) is 17.7 Å². The Hall–Kier alpha value is -1.91. The lowest BCUT2D eigenvalue weighted by molar-refractivity contribution is 0.0975. The second-order valence-corrected chi connectivity index (χ2v) is 6.83. The number of hydrogen-bond acceptors (Lipinski definition) is 3. The van der Waals surface area contributed by atoms with Crippen LogP contribution < -0.4 is 5.73 Å². The Morgan fingerprint density at radius 2 is 1.88 bits per heavy atom. The summed E-state index contributed by atoms with van der Waals surface area (Å²) >= 11 is 0. The number of unbranched alkanes of at least 4 members (excludes halogenated alkanes) is 1. The number of hydrogen-bond donors (Lipinski definition) is 3. The molecule has 0 bridgehead atoms. The van der Waals surface area contributed by atoms with E-state index in [1.165, 1.54) is 5.56 Å². The van der Waals surface area contributed by atoms with E-state index in [4.69, 9.17) is 5.73 Å². The number of carbonyl (C=O) groups is 1. The Morgan fingerprint density at radius 1 is 1.12 bits per heavy atom. The number of benzene rings is 1. The molecule has 4 nitrogen and oxygen atoms in total. The predicted molar refractivity (Wildman–Crippen MR) is 97.1 cm³/mol. The third-order valence-corrected chi connectivity index (χ3v) is 4.34. The van der Waals surface area contributed by atoms with E-state index in [0.29, 0.717) is 18.5 Å². The van der Waals surface area contributed by atoms with Gasteiger partial charge in [0.2, 0.25) is 0 Å². The van der Waals surface area contributed by atoms with E-state index in [1.54, 1.807) is 0 Å². The number of aromatic nitrogens is 1. The fourth-order valence-electron chi connectivity index (χ4n) is 2.64. The number of aliphatic hydroxyl groups is 1. The molecule has 0 saturated heterocycles. The average molecular weight is 328 g/mol. The van der Waals surface area contributed by atoms with Gasteiger partial charge in [-0.1, -0.05) is 30.3 Å². The number of ketones is 1. The van der Waals surface area contributed by atoms with Crippen molar-refractivity contribution in [2.24, 2.45) is 5.73 Å². The molecule has 0 aliphatic carbocycles. The third kappa shape index (κ3) is 5.95. The highest BCUT2D eigenvalue weighted by Gasteiger charge is 2.17. The molecule has 0 spiro atoms. The van der Waals surface area contributed by atoms with Crippen LogP contribution in [0.25, 0.3) is 0 Å². The minimum absolute atomic E-state index is 0.0408. The highest BCUT2D eigenvalue weighted by Crippen LogP contribution is 2.14. The number of aryl methyl sites for hydroxylation is 2. The molecule has 130 valence electrons. The zero-order valence-electron chi connectivity index (χ0n) is 14.4. The Labute approximate surface area is 144 Å². The largest absolute Gasteiger partial charge is 0.394 e. The van der Waals surface area contributed by atoms with Crippen LogP contribution >= 0.6 is 0 Å². The Balaban J connectivity index is 1.73. The zero-order chi connectivity index (χ0) is 17.4. The van der Waals surface area contributed by atoms with Gasteiger partial charge in [-0.15, -0.1) is 0 Å². The molecule has 1 atom stereocenters. The van der Waals surface area contributed by atoms with E-state index in [-0.39, 0.29) is 12.4 Å². The molecule has 2 aromatic rings. The molecule has 0 aliphatic rings. The summed E-state index contributed by atoms with van der Waals surface area (Å²) in [4.78, 5) is 15.4. The maximum absolute atomic E-state index is 12.2. The molecule has 0 fully saturated rings. The van der Waals surface area contributed by atoms with Gasteiger partial charge >= 0.3 is 0 Å². The van der Waals surface area contributed by atoms with E-state index in [1.807, 2.05) is 37.3 Å². The summed E-state index contributed by atoms with van der Waals surface area (Å²) in [7, 11) is 0. The van der Waals surface area contributed by atoms with Crippen molar-refractivity contribution in [2.75, 3.05) is 6.61 Å². The SMILES string of the molecule is C[C@](N)(CO)CCc1ccc(C(=O)CCCCc2ccccc2)[nH]1. The summed E-state index contributed by atoms with van der Waals surface area (Å²) in [6, 6.07) is 14.1. The minimum atomic E-state index is -0.577. The van der Waals surface area contributed by atoms with Gasteiger partial charge in [-0.2, -0.15) is 0 Å². The van der Waals surface area contributed by atoms with Crippen molar-refractivity contribution in [3.63, 3.8) is 0 Å². The molecular weight excluding hydrogens is 300 g/mol. The van der Waals surface area contributed by atoms with Crippen molar-refractivity contribution >= 4 is 5.78 Å². The third-order valence-electron chi connectivity index (χ3n) is 4.34. The van der Waals surface area contributed by atoms with E-state index in [0.717, 1.165) is 31.4 Å². The van der Waals surface area contributed by atoms with Gasteiger partial charge in [-0.25, -0.2) is 0 Å². The summed E-state index contributed by atoms with van der Waals surface area (Å²) in [5.41, 5.74) is 8.34. The van der Waals surface area contributed by atoms with E-state index in [9.17, 15) is 9.90 Å². The molecule has 4 N–H and O–H groups in total. The lowest BCUT2D eigenvalue weighted by atomic mass is 9.97. The summed E-state index contributed by atoms with van der Waals surface area (Å²) in [6.45, 7) is 1.79. The maximum atomic E-state index is 12.2. The monoisotopic (exact) mass is 328 g/mol. The summed E-state index contributed by atoms with van der Waals surface area (Å²) in [5.74, 6) is 0.159. The standard InChI is InChI=1S/C20H28N2O2/c1-20(21,15-23)14-13-17-11-12-18(22-17)19(24)10-6-5-9-16-7-3-2-4-8-16/h2-4,7-8,11-12,22-23H,5-6,9-10,13-15,21H2,1H3/t20-/m1/s1. The first-order valence-corrected chi connectivity index (χ1v) is 8.65. The Bertz CT molecular complexity index is 632. The number of Topliss-reactive ketones (excluding diaryl/α,β-unsaturated/α-hetero) is 1. The molecular formula is C20H28N2O2. The van der Waals surface area contributed by atoms with Gasteiger partial charge in [0.15, 0.2) is 5.78 Å². The molecule has 2 rings (SSSR count). The molecule has 0 amide bonds. The first-order chi connectivity index (χ1) is 11.5. The molecule has 0 saturated carbocycles. The molecule has 1 aromatic heterocycles. The number of nitrogens with one attached hydrogen (secondary N) is 1. The van der Waals surface area contributed by atoms with E-state index >= 15 is 0 Å². The van der Waals surface area contributed by atoms with Gasteiger partial charge in [-0.05, 0) is 56.7 Å². The van der Waals surface area contributed by atoms with Gasteiger partial charge < -0.3 is 15.8 Å². The number of carbonyl (C=O) groups excluding carboxylic acids is 1. The average Bonchev–Trinajstić information content (AvgIpc) is 3.07. The van der Waals surface area contributed by atoms with Gasteiger partial charge in [0.25, 0.3) is 0 Å². The number of rotatable bonds is 10. The molecule has 1 heterocycles. The summed E-state index contributed by atoms with van der Waals surface area (Å²) in [6.07, 6.45) is 4.90. The normalized spacial score (nSPS) is 13.6. The van der Waals surface area contributed by atoms with Gasteiger partial charge in [0.05, 0.1) is 12.3 Å². The van der Waals surface area contributed by atoms with Crippen molar-refractivity contribution < 1.29 is 9.90 Å². The zero-order valence-corrected chi connectivity index (χ0v) is 14.4. The van der Waals surface area contributed by atoms with Crippen LogP contribution in [0.5, 0.6) is 0 Å². The van der Waals surface area contributed by atoms with Gasteiger partial charge in [0.1, 0.15) is 0 Å². The van der Waals surface area contributed by atoms with Crippen molar-refractivity contribution in [2.45, 2.75) is 51.0 Å². The molecule has 0 radical (unpaired) electrons. The van der Waals surface area contributed by atoms with E-state index in [2.05, 4.69) is 17.1 Å². The summed E-state index contributed by atoms with van der Waals surface area (Å²) < 4.78 is 0. The fraction of sp³-hybridized carbons (Fsp3) is 0.450. The Kier molecular flexibility index (Phi) is 6.76. The van der Waals surface area contributed by atoms with E-state index < -0.39 is 5.54 Å². The number of H-pyrrole nitrogens is 1. The van der Waals surface area contributed by atoms with Crippen molar-refractivity contribution in [1.82, 2.24) is 4.98 Å². The first kappa shape index (κ1) is 18.4. The van der Waals surface area contributed by atoms with Crippen LogP contribution in [0.2, 0.25) is 0 Å². The van der Waals surface area contributed by atoms with Crippen LogP contribution in [0.4, 0.5) is 0 Å².